The molecule has 0 bridgehead atoms. The predicted molar refractivity (Wildman–Crippen MR) is 98.3 cm³/mol. The summed E-state index contributed by atoms with van der Waals surface area (Å²) in [6.45, 7) is 4.88. The van der Waals surface area contributed by atoms with Gasteiger partial charge in [-0.2, -0.15) is 0 Å². The summed E-state index contributed by atoms with van der Waals surface area (Å²) < 4.78 is 1.46. The zero-order valence-corrected chi connectivity index (χ0v) is 14.4. The summed E-state index contributed by atoms with van der Waals surface area (Å²) in [7, 11) is 0. The van der Waals surface area contributed by atoms with Crippen LogP contribution in [0, 0.1) is 11.8 Å². The van der Waals surface area contributed by atoms with Crippen LogP contribution in [0.4, 0.5) is 5.69 Å². The number of thiophene rings is 1. The third-order valence-electron chi connectivity index (χ3n) is 4.56. The number of nitrogens with one attached hydrogen (secondary N) is 1. The van der Waals surface area contributed by atoms with Gasteiger partial charge in [-0.15, -0.1) is 11.3 Å². The monoisotopic (exact) mass is 360 g/mol. The van der Waals surface area contributed by atoms with Crippen molar-refractivity contribution in [1.29, 1.82) is 0 Å². The molecular formula is C18H20N2O4S. The minimum atomic E-state index is -1.26. The first kappa shape index (κ1) is 17.4. The predicted octanol–water partition coefficient (Wildman–Crippen LogP) is 2.27. The van der Waals surface area contributed by atoms with E-state index in [0.717, 1.165) is 11.8 Å². The van der Waals surface area contributed by atoms with Crippen LogP contribution in [0.15, 0.2) is 41.8 Å². The van der Waals surface area contributed by atoms with Gasteiger partial charge in [-0.3, -0.25) is 0 Å². The highest BCUT2D eigenvalue weighted by Gasteiger charge is 2.36. The molecule has 1 aromatic carbocycles. The Bertz CT molecular complexity index is 773. The summed E-state index contributed by atoms with van der Waals surface area (Å²) in [5.74, 6) is -0.782. The number of carbonyl (C=O) groups is 2. The molecule has 25 heavy (non-hydrogen) atoms. The van der Waals surface area contributed by atoms with E-state index in [-0.39, 0.29) is 0 Å². The lowest BCUT2D eigenvalue weighted by atomic mass is 10.0. The van der Waals surface area contributed by atoms with Crippen molar-refractivity contribution >= 4 is 39.0 Å². The maximum atomic E-state index is 9.55. The molecule has 2 saturated heterocycles. The van der Waals surface area contributed by atoms with E-state index in [4.69, 9.17) is 10.2 Å². The quantitative estimate of drug-likeness (QED) is 0.728. The number of benzene rings is 1. The second-order valence-electron chi connectivity index (χ2n) is 6.21. The third-order valence-corrected chi connectivity index (χ3v) is 5.51. The number of carboxylic acid groups (broad SMARTS) is 2. The molecule has 6 nitrogen and oxygen atoms in total. The smallest absolute Gasteiger partial charge is 0.328 e. The Balaban J connectivity index is 0.000000197. The average Bonchev–Trinajstić information content (AvgIpc) is 3.28. The summed E-state index contributed by atoms with van der Waals surface area (Å²) in [5, 5.41) is 22.7. The highest BCUT2D eigenvalue weighted by atomic mass is 32.1. The standard InChI is InChI=1S/C14H16N2S.C4H4O4/c1-2-10-4-5-17-14(10)13(3-1)16-8-11-6-15-7-12(11)9-16;5-3(6)1-2-4(7)8/h1-5,11-12,15H,6-9H2;1-2H,(H,5,6)(H,7,8)/b;2-1-. The van der Waals surface area contributed by atoms with E-state index in [1.54, 1.807) is 0 Å². The van der Waals surface area contributed by atoms with Gasteiger partial charge in [-0.05, 0) is 34.7 Å². The molecule has 0 spiro atoms. The molecule has 0 aliphatic carbocycles. The van der Waals surface area contributed by atoms with Gasteiger partial charge in [0.2, 0.25) is 0 Å². The van der Waals surface area contributed by atoms with Crippen molar-refractivity contribution in [2.45, 2.75) is 0 Å². The SMILES string of the molecule is O=C(O)/C=C\C(=O)O.c1cc(N2CC3CNCC3C2)c2sccc2c1. The maximum Gasteiger partial charge on any atom is 0.328 e. The van der Waals surface area contributed by atoms with Crippen molar-refractivity contribution in [1.82, 2.24) is 5.32 Å². The van der Waals surface area contributed by atoms with Crippen molar-refractivity contribution in [2.75, 3.05) is 31.1 Å². The Labute approximate surface area is 149 Å². The zero-order chi connectivity index (χ0) is 17.8. The number of hydrogen-bond acceptors (Lipinski definition) is 5. The molecule has 3 heterocycles. The van der Waals surface area contributed by atoms with Gasteiger partial charge in [0.25, 0.3) is 0 Å². The van der Waals surface area contributed by atoms with Crippen LogP contribution in [0.5, 0.6) is 0 Å². The average molecular weight is 360 g/mol. The maximum absolute atomic E-state index is 9.55. The van der Waals surface area contributed by atoms with Crippen LogP contribution < -0.4 is 10.2 Å². The molecule has 132 valence electrons. The summed E-state index contributed by atoms with van der Waals surface area (Å²) >= 11 is 1.87. The Kier molecular flexibility index (Phi) is 5.35. The van der Waals surface area contributed by atoms with E-state index in [1.165, 1.54) is 42.0 Å². The minimum absolute atomic E-state index is 0.558. The van der Waals surface area contributed by atoms with Crippen LogP contribution in [-0.2, 0) is 9.59 Å². The van der Waals surface area contributed by atoms with E-state index in [0.29, 0.717) is 12.2 Å². The van der Waals surface area contributed by atoms with E-state index in [2.05, 4.69) is 39.9 Å². The van der Waals surface area contributed by atoms with Gasteiger partial charge in [0, 0.05) is 38.3 Å². The van der Waals surface area contributed by atoms with Crippen molar-refractivity contribution in [2.24, 2.45) is 11.8 Å². The molecule has 0 amide bonds. The van der Waals surface area contributed by atoms with Gasteiger partial charge in [0.15, 0.2) is 0 Å². The Morgan fingerprint density at radius 3 is 2.32 bits per heavy atom. The minimum Gasteiger partial charge on any atom is -0.478 e. The lowest BCUT2D eigenvalue weighted by molar-refractivity contribution is -0.134. The molecule has 1 aromatic heterocycles. The van der Waals surface area contributed by atoms with Crippen LogP contribution in [-0.4, -0.2) is 48.3 Å². The largest absolute Gasteiger partial charge is 0.478 e. The van der Waals surface area contributed by atoms with Crippen LogP contribution in [0.3, 0.4) is 0 Å². The number of nitrogens with zero attached hydrogens (tertiary/aromatic N) is 1. The van der Waals surface area contributed by atoms with Gasteiger partial charge < -0.3 is 20.4 Å². The topological polar surface area (TPSA) is 89.9 Å². The molecule has 2 unspecified atom stereocenters. The number of fused-ring (bicyclic) bond motifs is 2. The van der Waals surface area contributed by atoms with Gasteiger partial charge in [-0.1, -0.05) is 12.1 Å². The number of rotatable bonds is 3. The van der Waals surface area contributed by atoms with Crippen LogP contribution in [0.2, 0.25) is 0 Å². The second kappa shape index (κ2) is 7.67. The summed E-state index contributed by atoms with van der Waals surface area (Å²) in [6, 6.07) is 8.92. The number of aliphatic carboxylic acids is 2. The number of hydrogen-bond donors (Lipinski definition) is 3. The lowest BCUT2D eigenvalue weighted by Crippen LogP contribution is -2.25. The van der Waals surface area contributed by atoms with Gasteiger partial charge in [0.05, 0.1) is 10.4 Å². The molecule has 3 N–H and O–H groups in total. The lowest BCUT2D eigenvalue weighted by Gasteiger charge is -2.20. The molecule has 2 aromatic rings. The fourth-order valence-corrected chi connectivity index (χ4v) is 4.36. The third kappa shape index (κ3) is 4.18. The molecule has 2 aliphatic rings. The fraction of sp³-hybridized carbons (Fsp3) is 0.333. The summed E-state index contributed by atoms with van der Waals surface area (Å²) in [5.41, 5.74) is 1.45. The fourth-order valence-electron chi connectivity index (χ4n) is 3.42. The summed E-state index contributed by atoms with van der Waals surface area (Å²) in [4.78, 5) is 21.7. The first-order valence-corrected chi connectivity index (χ1v) is 8.98. The Hall–Kier alpha value is -2.38. The molecule has 2 atom stereocenters. The molecule has 2 fully saturated rings. The first-order chi connectivity index (χ1) is 12.0. The Morgan fingerprint density at radius 2 is 1.72 bits per heavy atom. The van der Waals surface area contributed by atoms with Crippen molar-refractivity contribution in [3.63, 3.8) is 0 Å². The van der Waals surface area contributed by atoms with Gasteiger partial charge >= 0.3 is 11.9 Å². The van der Waals surface area contributed by atoms with Crippen LogP contribution >= 0.6 is 11.3 Å². The molecule has 2 aliphatic heterocycles. The van der Waals surface area contributed by atoms with Crippen molar-refractivity contribution in [3.05, 3.63) is 41.8 Å². The molecule has 0 radical (unpaired) electrons. The number of carboxylic acids is 2. The molecule has 7 heteroatoms. The van der Waals surface area contributed by atoms with Gasteiger partial charge in [0.1, 0.15) is 0 Å². The number of anilines is 1. The normalized spacial score (nSPS) is 22.0. The van der Waals surface area contributed by atoms with Crippen molar-refractivity contribution < 1.29 is 19.8 Å². The molecular weight excluding hydrogens is 340 g/mol. The van der Waals surface area contributed by atoms with Crippen LogP contribution in [0.1, 0.15) is 0 Å². The zero-order valence-electron chi connectivity index (χ0n) is 13.6. The van der Waals surface area contributed by atoms with Crippen LogP contribution in [0.25, 0.3) is 10.1 Å². The van der Waals surface area contributed by atoms with Gasteiger partial charge in [-0.25, -0.2) is 9.59 Å². The van der Waals surface area contributed by atoms with E-state index < -0.39 is 11.9 Å². The molecule has 0 saturated carbocycles. The second-order valence-corrected chi connectivity index (χ2v) is 7.13. The van der Waals surface area contributed by atoms with E-state index >= 15 is 0 Å². The Morgan fingerprint density at radius 1 is 1.08 bits per heavy atom. The highest BCUT2D eigenvalue weighted by Crippen LogP contribution is 2.36. The van der Waals surface area contributed by atoms with Crippen molar-refractivity contribution in [3.8, 4) is 0 Å². The highest BCUT2D eigenvalue weighted by molar-refractivity contribution is 7.17. The van der Waals surface area contributed by atoms with E-state index in [9.17, 15) is 9.59 Å². The first-order valence-electron chi connectivity index (χ1n) is 8.10. The molecule has 4 rings (SSSR count). The summed E-state index contributed by atoms with van der Waals surface area (Å²) in [6.07, 6.45) is 1.12. The van der Waals surface area contributed by atoms with E-state index in [1.807, 2.05) is 11.3 Å².